The molecule has 4 aromatic rings. The third kappa shape index (κ3) is 4.37. The average molecular weight is 388 g/mol. The largest absolute Gasteiger partial charge is 0.352 e. The van der Waals surface area contributed by atoms with Crippen LogP contribution in [-0.2, 0) is 24.4 Å². The van der Waals surface area contributed by atoms with Gasteiger partial charge in [-0.2, -0.15) is 0 Å². The van der Waals surface area contributed by atoms with E-state index < -0.39 is 0 Å². The van der Waals surface area contributed by atoms with Gasteiger partial charge < -0.3 is 9.88 Å². The number of hydrogen-bond acceptors (Lipinski definition) is 5. The van der Waals surface area contributed by atoms with Crippen molar-refractivity contribution in [1.29, 1.82) is 0 Å². The first-order valence-electron chi connectivity index (χ1n) is 9.32. The Bertz CT molecular complexity index is 1180. The van der Waals surface area contributed by atoms with E-state index >= 15 is 0 Å². The molecule has 0 spiro atoms. The van der Waals surface area contributed by atoms with E-state index in [0.717, 1.165) is 11.1 Å². The standard InChI is InChI=1S/C21H20N6O2/c28-20(9-11-27-21(29)18-7-3-4-8-19(18)24-25-27)23-13-16-5-1-2-6-17(16)14-26-12-10-22-15-26/h1-8,10,12,15H,9,11,13-14H2,(H,23,28). The second-order valence-electron chi connectivity index (χ2n) is 6.67. The predicted octanol–water partition coefficient (Wildman–Crippen LogP) is 1.74. The number of amides is 1. The quantitative estimate of drug-likeness (QED) is 0.520. The van der Waals surface area contributed by atoms with Gasteiger partial charge in [0.15, 0.2) is 0 Å². The van der Waals surface area contributed by atoms with E-state index in [1.165, 1.54) is 4.68 Å². The Kier molecular flexibility index (Phi) is 5.42. The van der Waals surface area contributed by atoms with E-state index in [1.54, 1.807) is 36.8 Å². The number of aromatic nitrogens is 5. The summed E-state index contributed by atoms with van der Waals surface area (Å²) < 4.78 is 3.21. The molecule has 2 aromatic heterocycles. The van der Waals surface area contributed by atoms with Crippen molar-refractivity contribution in [3.8, 4) is 0 Å². The Morgan fingerprint density at radius 2 is 1.83 bits per heavy atom. The zero-order chi connectivity index (χ0) is 20.1. The summed E-state index contributed by atoms with van der Waals surface area (Å²) in [7, 11) is 0. The molecule has 29 heavy (non-hydrogen) atoms. The van der Waals surface area contributed by atoms with Gasteiger partial charge >= 0.3 is 0 Å². The minimum absolute atomic E-state index is 0.149. The normalized spacial score (nSPS) is 10.9. The summed E-state index contributed by atoms with van der Waals surface area (Å²) in [4.78, 5) is 28.8. The van der Waals surface area contributed by atoms with E-state index in [4.69, 9.17) is 0 Å². The monoisotopic (exact) mass is 388 g/mol. The van der Waals surface area contributed by atoms with Gasteiger partial charge in [-0.05, 0) is 23.3 Å². The molecule has 1 amide bonds. The topological polar surface area (TPSA) is 94.7 Å². The molecule has 2 aromatic carbocycles. The molecule has 8 heteroatoms. The smallest absolute Gasteiger partial charge is 0.277 e. The van der Waals surface area contributed by atoms with Gasteiger partial charge in [-0.25, -0.2) is 9.67 Å². The van der Waals surface area contributed by atoms with Crippen LogP contribution in [0.2, 0.25) is 0 Å². The van der Waals surface area contributed by atoms with Crippen LogP contribution in [0.3, 0.4) is 0 Å². The molecule has 0 aliphatic rings. The first-order chi connectivity index (χ1) is 14.2. The summed E-state index contributed by atoms with van der Waals surface area (Å²) in [5, 5.41) is 11.4. The van der Waals surface area contributed by atoms with Crippen LogP contribution in [0, 0.1) is 0 Å². The SMILES string of the molecule is O=C(CCn1nnc2ccccc2c1=O)NCc1ccccc1Cn1ccnc1. The van der Waals surface area contributed by atoms with Gasteiger partial charge in [0.05, 0.1) is 18.3 Å². The zero-order valence-corrected chi connectivity index (χ0v) is 15.7. The Hall–Kier alpha value is -3.81. The molecular formula is C21H20N6O2. The predicted molar refractivity (Wildman–Crippen MR) is 108 cm³/mol. The molecule has 2 heterocycles. The van der Waals surface area contributed by atoms with Crippen molar-refractivity contribution in [2.75, 3.05) is 0 Å². The van der Waals surface area contributed by atoms with Crippen LogP contribution in [-0.4, -0.2) is 30.5 Å². The molecule has 0 saturated carbocycles. The summed E-state index contributed by atoms with van der Waals surface area (Å²) in [5.74, 6) is -0.149. The second kappa shape index (κ2) is 8.47. The molecule has 0 aliphatic heterocycles. The number of fused-ring (bicyclic) bond motifs is 1. The van der Waals surface area contributed by atoms with Gasteiger partial charge in [0.25, 0.3) is 5.56 Å². The van der Waals surface area contributed by atoms with E-state index in [-0.39, 0.29) is 24.4 Å². The minimum atomic E-state index is -0.242. The number of imidazole rings is 1. The average Bonchev–Trinajstić information content (AvgIpc) is 3.26. The minimum Gasteiger partial charge on any atom is -0.352 e. The number of nitrogens with one attached hydrogen (secondary N) is 1. The number of carbonyl (C=O) groups excluding carboxylic acids is 1. The molecule has 0 radical (unpaired) electrons. The molecule has 8 nitrogen and oxygen atoms in total. The molecule has 0 atom stereocenters. The van der Waals surface area contributed by atoms with Crippen molar-refractivity contribution in [2.24, 2.45) is 0 Å². The third-order valence-electron chi connectivity index (χ3n) is 4.69. The lowest BCUT2D eigenvalue weighted by Gasteiger charge is -2.11. The van der Waals surface area contributed by atoms with Crippen LogP contribution in [0.1, 0.15) is 17.5 Å². The van der Waals surface area contributed by atoms with Gasteiger partial charge in [0, 0.05) is 31.9 Å². The maximum absolute atomic E-state index is 12.4. The lowest BCUT2D eigenvalue weighted by molar-refractivity contribution is -0.121. The van der Waals surface area contributed by atoms with E-state index in [9.17, 15) is 9.59 Å². The van der Waals surface area contributed by atoms with Crippen molar-refractivity contribution >= 4 is 16.8 Å². The van der Waals surface area contributed by atoms with Crippen LogP contribution in [0.5, 0.6) is 0 Å². The fourth-order valence-corrected chi connectivity index (χ4v) is 3.12. The van der Waals surface area contributed by atoms with Crippen molar-refractivity contribution in [1.82, 2.24) is 29.9 Å². The number of rotatable bonds is 7. The molecule has 0 unspecified atom stereocenters. The number of aryl methyl sites for hydroxylation is 1. The van der Waals surface area contributed by atoms with Crippen LogP contribution in [0.4, 0.5) is 0 Å². The maximum Gasteiger partial charge on any atom is 0.277 e. The lowest BCUT2D eigenvalue weighted by atomic mass is 10.1. The molecule has 0 aliphatic carbocycles. The van der Waals surface area contributed by atoms with Gasteiger partial charge in [-0.1, -0.05) is 41.6 Å². The highest BCUT2D eigenvalue weighted by molar-refractivity contribution is 5.77. The van der Waals surface area contributed by atoms with Crippen LogP contribution in [0.15, 0.2) is 72.0 Å². The molecule has 0 saturated heterocycles. The highest BCUT2D eigenvalue weighted by Crippen LogP contribution is 2.10. The van der Waals surface area contributed by atoms with Crippen molar-refractivity contribution in [3.63, 3.8) is 0 Å². The van der Waals surface area contributed by atoms with E-state index in [2.05, 4.69) is 20.6 Å². The number of nitrogens with zero attached hydrogens (tertiary/aromatic N) is 5. The second-order valence-corrected chi connectivity index (χ2v) is 6.67. The summed E-state index contributed by atoms with van der Waals surface area (Å²) in [6, 6.07) is 15.0. The van der Waals surface area contributed by atoms with Gasteiger partial charge in [0.1, 0.15) is 5.52 Å². The molecule has 4 rings (SSSR count). The first kappa shape index (κ1) is 18.5. The van der Waals surface area contributed by atoms with E-state index in [0.29, 0.717) is 24.0 Å². The summed E-state index contributed by atoms with van der Waals surface area (Å²) in [5.41, 5.74) is 2.46. The molecule has 0 bridgehead atoms. The fourth-order valence-electron chi connectivity index (χ4n) is 3.12. The summed E-state index contributed by atoms with van der Waals surface area (Å²) >= 11 is 0. The lowest BCUT2D eigenvalue weighted by Crippen LogP contribution is -2.29. The molecular weight excluding hydrogens is 368 g/mol. The first-order valence-corrected chi connectivity index (χ1v) is 9.32. The van der Waals surface area contributed by atoms with Crippen LogP contribution in [0.25, 0.3) is 10.9 Å². The van der Waals surface area contributed by atoms with E-state index in [1.807, 2.05) is 35.0 Å². The number of carbonyl (C=O) groups is 1. The summed E-state index contributed by atoms with van der Waals surface area (Å²) in [6.45, 7) is 1.29. The Morgan fingerprint density at radius 1 is 1.03 bits per heavy atom. The highest BCUT2D eigenvalue weighted by atomic mass is 16.2. The Labute approximate surface area is 166 Å². The van der Waals surface area contributed by atoms with Crippen molar-refractivity contribution in [2.45, 2.75) is 26.1 Å². The van der Waals surface area contributed by atoms with Crippen LogP contribution < -0.4 is 10.9 Å². The maximum atomic E-state index is 12.4. The van der Waals surface area contributed by atoms with Gasteiger partial charge in [-0.15, -0.1) is 5.10 Å². The third-order valence-corrected chi connectivity index (χ3v) is 4.69. The van der Waals surface area contributed by atoms with Crippen LogP contribution >= 0.6 is 0 Å². The Balaban J connectivity index is 1.37. The van der Waals surface area contributed by atoms with Gasteiger partial charge in [0.2, 0.25) is 5.91 Å². The van der Waals surface area contributed by atoms with Crippen molar-refractivity contribution < 1.29 is 4.79 Å². The molecule has 1 N–H and O–H groups in total. The van der Waals surface area contributed by atoms with Gasteiger partial charge in [-0.3, -0.25) is 9.59 Å². The number of benzene rings is 2. The molecule has 146 valence electrons. The fraction of sp³-hybridized carbons (Fsp3) is 0.190. The zero-order valence-electron chi connectivity index (χ0n) is 15.7. The highest BCUT2D eigenvalue weighted by Gasteiger charge is 2.09. The molecule has 0 fully saturated rings. The number of hydrogen-bond donors (Lipinski definition) is 1. The Morgan fingerprint density at radius 3 is 2.66 bits per heavy atom. The summed E-state index contributed by atoms with van der Waals surface area (Å²) in [6.07, 6.45) is 5.55. The van der Waals surface area contributed by atoms with Crippen molar-refractivity contribution in [3.05, 3.63) is 88.7 Å².